The van der Waals surface area contributed by atoms with Crippen molar-refractivity contribution in [2.75, 3.05) is 0 Å². The molecule has 0 fully saturated rings. The Labute approximate surface area is 104 Å². The molecule has 0 radical (unpaired) electrons. The second kappa shape index (κ2) is 4.87. The summed E-state index contributed by atoms with van der Waals surface area (Å²) in [6.07, 6.45) is 1.39. The zero-order chi connectivity index (χ0) is 13.1. The molecule has 0 saturated carbocycles. The van der Waals surface area contributed by atoms with Crippen LogP contribution in [0.25, 0.3) is 10.8 Å². The van der Waals surface area contributed by atoms with E-state index in [1.807, 2.05) is 24.3 Å². The number of aliphatic carboxylic acids is 1. The first-order valence-corrected chi connectivity index (χ1v) is 5.55. The van der Waals surface area contributed by atoms with Crippen LogP contribution in [-0.2, 0) is 4.79 Å². The van der Waals surface area contributed by atoms with Crippen molar-refractivity contribution < 1.29 is 15.0 Å². The Balaban J connectivity index is 2.39. The highest BCUT2D eigenvalue weighted by Gasteiger charge is 2.07. The number of nitrogens with zero attached hydrogens (tertiary/aromatic N) is 1. The number of aliphatic imine (C=N–C) groups is 1. The Morgan fingerprint density at radius 1 is 1.28 bits per heavy atom. The number of rotatable bonds is 3. The summed E-state index contributed by atoms with van der Waals surface area (Å²) in [7, 11) is 0. The normalized spacial score (nSPS) is 12.9. The zero-order valence-electron chi connectivity index (χ0n) is 9.87. The van der Waals surface area contributed by atoms with Gasteiger partial charge in [-0.2, -0.15) is 0 Å². The fraction of sp³-hybridized carbons (Fsp3) is 0.143. The van der Waals surface area contributed by atoms with E-state index in [4.69, 9.17) is 5.11 Å². The molecule has 0 bridgehead atoms. The van der Waals surface area contributed by atoms with Crippen LogP contribution in [0.15, 0.2) is 41.4 Å². The van der Waals surface area contributed by atoms with Crippen LogP contribution in [0.5, 0.6) is 5.75 Å². The van der Waals surface area contributed by atoms with Crippen molar-refractivity contribution in [1.29, 1.82) is 0 Å². The van der Waals surface area contributed by atoms with Crippen LogP contribution in [0.1, 0.15) is 12.5 Å². The number of phenols is 1. The van der Waals surface area contributed by atoms with Gasteiger partial charge in [-0.3, -0.25) is 4.99 Å². The van der Waals surface area contributed by atoms with Crippen LogP contribution in [0.2, 0.25) is 0 Å². The smallest absolute Gasteiger partial charge is 0.328 e. The second-order valence-corrected chi connectivity index (χ2v) is 4.05. The summed E-state index contributed by atoms with van der Waals surface area (Å²) < 4.78 is 0. The number of fused-ring (bicyclic) bond motifs is 1. The molecular formula is C14H13NO3. The van der Waals surface area contributed by atoms with E-state index in [0.29, 0.717) is 5.56 Å². The molecular weight excluding hydrogens is 230 g/mol. The maximum absolute atomic E-state index is 10.6. The SMILES string of the molecule is C[C@H](N=Cc1cc2ccccc2cc1O)C(=O)O. The molecule has 0 aliphatic rings. The summed E-state index contributed by atoms with van der Waals surface area (Å²) in [6.45, 7) is 1.48. The van der Waals surface area contributed by atoms with Gasteiger partial charge >= 0.3 is 5.97 Å². The third-order valence-corrected chi connectivity index (χ3v) is 2.69. The lowest BCUT2D eigenvalue weighted by Gasteiger charge is -2.03. The molecule has 92 valence electrons. The van der Waals surface area contributed by atoms with Crippen LogP contribution in [-0.4, -0.2) is 28.4 Å². The highest BCUT2D eigenvalue weighted by molar-refractivity contribution is 5.94. The Hall–Kier alpha value is -2.36. The minimum absolute atomic E-state index is 0.0926. The molecule has 4 nitrogen and oxygen atoms in total. The predicted molar refractivity (Wildman–Crippen MR) is 70.3 cm³/mol. The van der Waals surface area contributed by atoms with Crippen LogP contribution in [0, 0.1) is 0 Å². The van der Waals surface area contributed by atoms with Gasteiger partial charge in [-0.15, -0.1) is 0 Å². The van der Waals surface area contributed by atoms with Crippen LogP contribution in [0.4, 0.5) is 0 Å². The summed E-state index contributed by atoms with van der Waals surface area (Å²) in [5.74, 6) is -0.901. The molecule has 0 aliphatic heterocycles. The Morgan fingerprint density at radius 3 is 2.50 bits per heavy atom. The van der Waals surface area contributed by atoms with Gasteiger partial charge in [-0.1, -0.05) is 24.3 Å². The Kier molecular flexibility index (Phi) is 3.28. The summed E-state index contributed by atoms with van der Waals surface area (Å²) in [4.78, 5) is 14.5. The number of hydrogen-bond acceptors (Lipinski definition) is 3. The fourth-order valence-electron chi connectivity index (χ4n) is 1.61. The average Bonchev–Trinajstić information content (AvgIpc) is 2.35. The van der Waals surface area contributed by atoms with Gasteiger partial charge in [0.15, 0.2) is 0 Å². The van der Waals surface area contributed by atoms with Gasteiger partial charge in [-0.05, 0) is 29.8 Å². The van der Waals surface area contributed by atoms with Crippen molar-refractivity contribution in [3.05, 3.63) is 42.0 Å². The van der Waals surface area contributed by atoms with E-state index < -0.39 is 12.0 Å². The van der Waals surface area contributed by atoms with Gasteiger partial charge in [0, 0.05) is 11.8 Å². The molecule has 0 unspecified atom stereocenters. The maximum Gasteiger partial charge on any atom is 0.328 e. The van der Waals surface area contributed by atoms with Gasteiger partial charge in [0.25, 0.3) is 0 Å². The average molecular weight is 243 g/mol. The molecule has 0 saturated heterocycles. The van der Waals surface area contributed by atoms with Crippen LogP contribution < -0.4 is 0 Å². The number of phenolic OH excluding ortho intramolecular Hbond substituents is 1. The number of carboxylic acids is 1. The first-order valence-electron chi connectivity index (χ1n) is 5.55. The van der Waals surface area contributed by atoms with Gasteiger partial charge in [0.1, 0.15) is 11.8 Å². The molecule has 0 aliphatic carbocycles. The quantitative estimate of drug-likeness (QED) is 0.813. The molecule has 4 heteroatoms. The summed E-state index contributed by atoms with van der Waals surface area (Å²) in [6, 6.07) is 10.2. The van der Waals surface area contributed by atoms with Crippen molar-refractivity contribution in [3.8, 4) is 5.75 Å². The molecule has 18 heavy (non-hydrogen) atoms. The number of hydrogen-bond donors (Lipinski definition) is 2. The number of aromatic hydroxyl groups is 1. The minimum Gasteiger partial charge on any atom is -0.507 e. The second-order valence-electron chi connectivity index (χ2n) is 4.05. The lowest BCUT2D eigenvalue weighted by Crippen LogP contribution is -2.13. The molecule has 2 rings (SSSR count). The van der Waals surface area contributed by atoms with Gasteiger partial charge in [-0.25, -0.2) is 4.79 Å². The van der Waals surface area contributed by atoms with E-state index in [0.717, 1.165) is 10.8 Å². The molecule has 0 heterocycles. The van der Waals surface area contributed by atoms with E-state index in [-0.39, 0.29) is 5.75 Å². The molecule has 0 amide bonds. The highest BCUT2D eigenvalue weighted by Crippen LogP contribution is 2.23. The number of benzene rings is 2. The van der Waals surface area contributed by atoms with Crippen LogP contribution in [0.3, 0.4) is 0 Å². The third kappa shape index (κ3) is 2.48. The summed E-state index contributed by atoms with van der Waals surface area (Å²) >= 11 is 0. The lowest BCUT2D eigenvalue weighted by molar-refractivity contribution is -0.137. The third-order valence-electron chi connectivity index (χ3n) is 2.69. The fourth-order valence-corrected chi connectivity index (χ4v) is 1.61. The van der Waals surface area contributed by atoms with E-state index in [1.54, 1.807) is 12.1 Å². The van der Waals surface area contributed by atoms with E-state index in [1.165, 1.54) is 13.1 Å². The predicted octanol–water partition coefficient (Wildman–Crippen LogP) is 2.44. The van der Waals surface area contributed by atoms with Gasteiger partial charge in [0.05, 0.1) is 0 Å². The van der Waals surface area contributed by atoms with E-state index in [9.17, 15) is 9.90 Å². The zero-order valence-corrected chi connectivity index (χ0v) is 9.87. The molecule has 1 atom stereocenters. The van der Waals surface area contributed by atoms with Crippen molar-refractivity contribution in [1.82, 2.24) is 0 Å². The highest BCUT2D eigenvalue weighted by atomic mass is 16.4. The number of carbonyl (C=O) groups is 1. The van der Waals surface area contributed by atoms with Crippen molar-refractivity contribution >= 4 is 23.0 Å². The summed E-state index contributed by atoms with van der Waals surface area (Å²) in [5.41, 5.74) is 0.516. The van der Waals surface area contributed by atoms with Crippen LogP contribution >= 0.6 is 0 Å². The van der Waals surface area contributed by atoms with Crippen molar-refractivity contribution in [2.24, 2.45) is 4.99 Å². The van der Waals surface area contributed by atoms with Crippen molar-refractivity contribution in [3.63, 3.8) is 0 Å². The topological polar surface area (TPSA) is 69.9 Å². The van der Waals surface area contributed by atoms with E-state index >= 15 is 0 Å². The Morgan fingerprint density at radius 2 is 1.89 bits per heavy atom. The van der Waals surface area contributed by atoms with Gasteiger partial charge in [0.2, 0.25) is 0 Å². The molecule has 2 N–H and O–H groups in total. The van der Waals surface area contributed by atoms with Crippen molar-refractivity contribution in [2.45, 2.75) is 13.0 Å². The molecule has 2 aromatic rings. The first-order chi connectivity index (χ1) is 8.58. The molecule has 0 aromatic heterocycles. The Bertz CT molecular complexity index is 619. The summed E-state index contributed by atoms with van der Waals surface area (Å²) in [5, 5.41) is 20.4. The maximum atomic E-state index is 10.6. The van der Waals surface area contributed by atoms with Gasteiger partial charge < -0.3 is 10.2 Å². The largest absolute Gasteiger partial charge is 0.507 e. The lowest BCUT2D eigenvalue weighted by atomic mass is 10.1. The molecule has 2 aromatic carbocycles. The number of carboxylic acid groups (broad SMARTS) is 1. The monoisotopic (exact) mass is 243 g/mol. The molecule has 0 spiro atoms. The standard InChI is InChI=1S/C14H13NO3/c1-9(14(17)18)15-8-12-6-10-4-2-3-5-11(10)7-13(12)16/h2-9,16H,1H3,(H,17,18)/t9-/m0/s1. The minimum atomic E-state index is -0.994. The van der Waals surface area contributed by atoms with E-state index in [2.05, 4.69) is 4.99 Å². The first kappa shape index (κ1) is 12.1.